The van der Waals surface area contributed by atoms with Crippen molar-refractivity contribution in [2.24, 2.45) is 0 Å². The van der Waals surface area contributed by atoms with E-state index in [-0.39, 0.29) is 11.5 Å². The van der Waals surface area contributed by atoms with E-state index < -0.39 is 11.7 Å². The SMILES string of the molecule is CCOc1ccc(CN2CCN(C(=O)c3sc(NC(=O)c4cccc(F)c4)cc3C)CC2)cc1. The standard InChI is InChI=1S/C26H28FN3O3S/c1-3-33-22-9-7-19(8-10-22)17-29-11-13-30(14-12-29)26(32)24-18(2)15-23(34-24)28-25(31)20-5-4-6-21(27)16-20/h4-10,15-16H,3,11-14,17H2,1-2H3,(H,28,31). The molecule has 34 heavy (non-hydrogen) atoms. The van der Waals surface area contributed by atoms with Gasteiger partial charge in [-0.2, -0.15) is 0 Å². The van der Waals surface area contributed by atoms with Gasteiger partial charge in [-0.1, -0.05) is 18.2 Å². The van der Waals surface area contributed by atoms with Crippen molar-refractivity contribution in [3.05, 3.63) is 82.0 Å². The Hall–Kier alpha value is -3.23. The molecule has 0 unspecified atom stereocenters. The third kappa shape index (κ3) is 5.81. The summed E-state index contributed by atoms with van der Waals surface area (Å²) in [5.41, 5.74) is 2.28. The van der Waals surface area contributed by atoms with Gasteiger partial charge in [-0.25, -0.2) is 4.39 Å². The van der Waals surface area contributed by atoms with Gasteiger partial charge in [0, 0.05) is 38.3 Å². The van der Waals surface area contributed by atoms with E-state index in [1.54, 1.807) is 12.1 Å². The first-order valence-electron chi connectivity index (χ1n) is 11.3. The lowest BCUT2D eigenvalue weighted by molar-refractivity contribution is 0.0632. The highest BCUT2D eigenvalue weighted by atomic mass is 32.1. The maximum absolute atomic E-state index is 13.4. The third-order valence-electron chi connectivity index (χ3n) is 5.74. The largest absolute Gasteiger partial charge is 0.494 e. The second-order valence-electron chi connectivity index (χ2n) is 8.23. The number of rotatable bonds is 7. The molecule has 0 radical (unpaired) electrons. The molecule has 1 aliphatic heterocycles. The molecule has 0 saturated carbocycles. The molecule has 2 aromatic carbocycles. The van der Waals surface area contributed by atoms with Crippen LogP contribution in [0.5, 0.6) is 5.75 Å². The molecular weight excluding hydrogens is 453 g/mol. The van der Waals surface area contributed by atoms with Crippen LogP contribution in [-0.2, 0) is 6.54 Å². The Morgan fingerprint density at radius 3 is 2.47 bits per heavy atom. The van der Waals surface area contributed by atoms with Crippen LogP contribution in [0.3, 0.4) is 0 Å². The van der Waals surface area contributed by atoms with Gasteiger partial charge in [0.15, 0.2) is 0 Å². The molecule has 1 aromatic heterocycles. The van der Waals surface area contributed by atoms with Crippen molar-refractivity contribution < 1.29 is 18.7 Å². The van der Waals surface area contributed by atoms with Gasteiger partial charge >= 0.3 is 0 Å². The van der Waals surface area contributed by atoms with Gasteiger partial charge in [0.05, 0.1) is 16.5 Å². The molecule has 1 aliphatic rings. The first-order chi connectivity index (χ1) is 16.4. The Morgan fingerprint density at radius 2 is 1.79 bits per heavy atom. The molecular formula is C26H28FN3O3S. The number of halogens is 1. The number of benzene rings is 2. The molecule has 0 bridgehead atoms. The molecule has 4 rings (SSSR count). The van der Waals surface area contributed by atoms with Crippen LogP contribution in [0.2, 0.25) is 0 Å². The zero-order valence-corrected chi connectivity index (χ0v) is 20.2. The van der Waals surface area contributed by atoms with E-state index in [2.05, 4.69) is 22.3 Å². The molecule has 3 aromatic rings. The molecule has 6 nitrogen and oxygen atoms in total. The number of thiophene rings is 1. The Labute approximate surface area is 203 Å². The van der Waals surface area contributed by atoms with Crippen molar-refractivity contribution in [1.29, 1.82) is 0 Å². The molecule has 0 spiro atoms. The lowest BCUT2D eigenvalue weighted by Crippen LogP contribution is -2.48. The van der Waals surface area contributed by atoms with E-state index in [4.69, 9.17) is 4.74 Å². The van der Waals surface area contributed by atoms with E-state index in [0.29, 0.717) is 29.6 Å². The Morgan fingerprint density at radius 1 is 1.06 bits per heavy atom. The number of piperazine rings is 1. The summed E-state index contributed by atoms with van der Waals surface area (Å²) in [7, 11) is 0. The van der Waals surface area contributed by atoms with Crippen LogP contribution in [0.1, 0.15) is 38.1 Å². The highest BCUT2D eigenvalue weighted by molar-refractivity contribution is 7.18. The fourth-order valence-corrected chi connectivity index (χ4v) is 4.97. The second-order valence-corrected chi connectivity index (χ2v) is 9.28. The smallest absolute Gasteiger partial charge is 0.264 e. The molecule has 1 saturated heterocycles. The summed E-state index contributed by atoms with van der Waals surface area (Å²) in [6.07, 6.45) is 0. The molecule has 1 N–H and O–H groups in total. The van der Waals surface area contributed by atoms with Crippen LogP contribution >= 0.6 is 11.3 Å². The van der Waals surface area contributed by atoms with E-state index in [1.165, 1.54) is 35.1 Å². The summed E-state index contributed by atoms with van der Waals surface area (Å²) in [5.74, 6) is -0.0101. The van der Waals surface area contributed by atoms with Crippen LogP contribution in [0, 0.1) is 12.7 Å². The second kappa shape index (κ2) is 10.8. The lowest BCUT2D eigenvalue weighted by atomic mass is 10.2. The number of carbonyl (C=O) groups is 2. The molecule has 2 amide bonds. The predicted molar refractivity (Wildman–Crippen MR) is 132 cm³/mol. The summed E-state index contributed by atoms with van der Waals surface area (Å²) < 4.78 is 18.9. The minimum atomic E-state index is -0.465. The van der Waals surface area contributed by atoms with Crippen LogP contribution in [0.25, 0.3) is 0 Å². The van der Waals surface area contributed by atoms with Gasteiger partial charge in [-0.05, 0) is 61.4 Å². The average Bonchev–Trinajstić information content (AvgIpc) is 3.20. The van der Waals surface area contributed by atoms with E-state index in [1.807, 2.05) is 30.9 Å². The van der Waals surface area contributed by atoms with Gasteiger partial charge in [-0.15, -0.1) is 11.3 Å². The van der Waals surface area contributed by atoms with Crippen LogP contribution in [0.15, 0.2) is 54.6 Å². The van der Waals surface area contributed by atoms with E-state index in [0.717, 1.165) is 30.9 Å². The molecule has 1 fully saturated rings. The van der Waals surface area contributed by atoms with Crippen molar-refractivity contribution >= 4 is 28.2 Å². The summed E-state index contributed by atoms with van der Waals surface area (Å²) in [6, 6.07) is 15.5. The summed E-state index contributed by atoms with van der Waals surface area (Å²) >= 11 is 1.25. The summed E-state index contributed by atoms with van der Waals surface area (Å²) in [6.45, 7) is 8.22. The first kappa shape index (κ1) is 23.9. The number of nitrogens with one attached hydrogen (secondary N) is 1. The molecule has 178 valence electrons. The number of hydrogen-bond acceptors (Lipinski definition) is 5. The fraction of sp³-hybridized carbons (Fsp3) is 0.308. The minimum absolute atomic E-state index is 0.0190. The van der Waals surface area contributed by atoms with Crippen molar-refractivity contribution in [3.63, 3.8) is 0 Å². The molecule has 0 atom stereocenters. The van der Waals surface area contributed by atoms with Gasteiger partial charge in [0.25, 0.3) is 11.8 Å². The fourth-order valence-electron chi connectivity index (χ4n) is 3.94. The zero-order chi connectivity index (χ0) is 24.1. The van der Waals surface area contributed by atoms with Gasteiger partial charge in [0.2, 0.25) is 0 Å². The maximum atomic E-state index is 13.4. The summed E-state index contributed by atoms with van der Waals surface area (Å²) in [5, 5.41) is 3.35. The molecule has 2 heterocycles. The van der Waals surface area contributed by atoms with Gasteiger partial charge in [0.1, 0.15) is 11.6 Å². The number of anilines is 1. The van der Waals surface area contributed by atoms with Crippen LogP contribution in [0.4, 0.5) is 9.39 Å². The van der Waals surface area contributed by atoms with Gasteiger partial charge < -0.3 is 15.0 Å². The number of carbonyl (C=O) groups excluding carboxylic acids is 2. The molecule has 0 aliphatic carbocycles. The van der Waals surface area contributed by atoms with Crippen LogP contribution < -0.4 is 10.1 Å². The number of nitrogens with zero attached hydrogens (tertiary/aromatic N) is 2. The van der Waals surface area contributed by atoms with Crippen molar-refractivity contribution in [1.82, 2.24) is 9.80 Å². The highest BCUT2D eigenvalue weighted by Gasteiger charge is 2.25. The summed E-state index contributed by atoms with van der Waals surface area (Å²) in [4.78, 5) is 30.4. The van der Waals surface area contributed by atoms with Crippen molar-refractivity contribution in [2.75, 3.05) is 38.1 Å². The number of hydrogen-bond donors (Lipinski definition) is 1. The van der Waals surface area contributed by atoms with Gasteiger partial charge in [-0.3, -0.25) is 14.5 Å². The number of amides is 2. The lowest BCUT2D eigenvalue weighted by Gasteiger charge is -2.34. The number of ether oxygens (including phenoxy) is 1. The van der Waals surface area contributed by atoms with Crippen LogP contribution in [-0.4, -0.2) is 54.4 Å². The Kier molecular flexibility index (Phi) is 7.59. The Balaban J connectivity index is 1.32. The van der Waals surface area contributed by atoms with E-state index in [9.17, 15) is 14.0 Å². The normalized spacial score (nSPS) is 14.1. The Bertz CT molecular complexity index is 1150. The van der Waals surface area contributed by atoms with Crippen molar-refractivity contribution in [2.45, 2.75) is 20.4 Å². The monoisotopic (exact) mass is 481 g/mol. The average molecular weight is 482 g/mol. The quantitative estimate of drug-likeness (QED) is 0.526. The zero-order valence-electron chi connectivity index (χ0n) is 19.3. The number of aryl methyl sites for hydroxylation is 1. The van der Waals surface area contributed by atoms with Crippen molar-refractivity contribution in [3.8, 4) is 5.75 Å². The van der Waals surface area contributed by atoms with E-state index >= 15 is 0 Å². The predicted octanol–water partition coefficient (Wildman–Crippen LogP) is 4.80. The topological polar surface area (TPSA) is 61.9 Å². The maximum Gasteiger partial charge on any atom is 0.264 e. The minimum Gasteiger partial charge on any atom is -0.494 e. The third-order valence-corrected chi connectivity index (χ3v) is 6.88. The first-order valence-corrected chi connectivity index (χ1v) is 12.2. The molecule has 8 heteroatoms. The highest BCUT2D eigenvalue weighted by Crippen LogP contribution is 2.29.